The first kappa shape index (κ1) is 22.3. The average Bonchev–Trinajstić information content (AvgIpc) is 3.15. The summed E-state index contributed by atoms with van der Waals surface area (Å²) < 4.78 is 12.1. The van der Waals surface area contributed by atoms with Crippen LogP contribution in [-0.2, 0) is 20.9 Å². The van der Waals surface area contributed by atoms with Crippen LogP contribution in [0.3, 0.4) is 0 Å². The monoisotopic (exact) mass is 455 g/mol. The van der Waals surface area contributed by atoms with Crippen molar-refractivity contribution in [2.24, 2.45) is 0 Å². The largest absolute Gasteiger partial charge is 0.489 e. The number of methoxy groups -OCH3 is 1. The van der Waals surface area contributed by atoms with E-state index in [4.69, 9.17) is 9.47 Å². The highest BCUT2D eigenvalue weighted by atomic mass is 16.5. The smallest absolute Gasteiger partial charge is 0.255 e. The van der Waals surface area contributed by atoms with Gasteiger partial charge in [-0.1, -0.05) is 6.42 Å². The van der Waals surface area contributed by atoms with E-state index in [0.29, 0.717) is 30.7 Å². The van der Waals surface area contributed by atoms with Crippen molar-refractivity contribution in [2.45, 2.75) is 82.2 Å². The van der Waals surface area contributed by atoms with Gasteiger partial charge in [0.1, 0.15) is 17.9 Å². The molecule has 1 aromatic rings. The van der Waals surface area contributed by atoms with Crippen molar-refractivity contribution in [3.8, 4) is 5.75 Å². The molecule has 3 unspecified atom stereocenters. The molecule has 0 bridgehead atoms. The number of carbonyl (C=O) groups excluding carboxylic acids is 3. The fraction of sp³-hybridized carbons (Fsp3) is 0.640. The number of amides is 3. The predicted octanol–water partition coefficient (Wildman–Crippen LogP) is 2.25. The number of hydrogen-bond donors (Lipinski definition) is 1. The predicted molar refractivity (Wildman–Crippen MR) is 121 cm³/mol. The van der Waals surface area contributed by atoms with Gasteiger partial charge >= 0.3 is 0 Å². The molecule has 8 nitrogen and oxygen atoms in total. The lowest BCUT2D eigenvalue weighted by Gasteiger charge is -2.42. The zero-order valence-electron chi connectivity index (χ0n) is 19.3. The standard InChI is InChI=1S/C25H33N3O5/c1-32-17-10-12-27(13-11-17)20-4-2-3-5-22(20)33-18-6-7-19-16(14-18)15-28(25(19)31)21-8-9-23(29)26-24(21)30/h6-7,14,17,20-22H,2-5,8-13,15H2,1H3,(H,26,29,30). The number of likely N-dealkylation sites (tertiary alicyclic amines) is 1. The Morgan fingerprint density at radius 2 is 1.79 bits per heavy atom. The molecule has 1 N–H and O–H groups in total. The molecule has 33 heavy (non-hydrogen) atoms. The van der Waals surface area contributed by atoms with Gasteiger partial charge in [-0.05, 0) is 62.3 Å². The molecule has 3 heterocycles. The molecule has 1 saturated carbocycles. The van der Waals surface area contributed by atoms with Crippen LogP contribution in [0.4, 0.5) is 0 Å². The molecule has 5 rings (SSSR count). The average molecular weight is 456 g/mol. The molecule has 3 atom stereocenters. The third-order valence-corrected chi connectivity index (χ3v) is 7.73. The summed E-state index contributed by atoms with van der Waals surface area (Å²) in [5.74, 6) is -0.0197. The number of imide groups is 1. The summed E-state index contributed by atoms with van der Waals surface area (Å²) in [5.41, 5.74) is 1.50. The second kappa shape index (κ2) is 9.43. The van der Waals surface area contributed by atoms with Crippen molar-refractivity contribution in [3.63, 3.8) is 0 Å². The van der Waals surface area contributed by atoms with Crippen LogP contribution >= 0.6 is 0 Å². The van der Waals surface area contributed by atoms with Crippen molar-refractivity contribution >= 4 is 17.7 Å². The van der Waals surface area contributed by atoms with Crippen LogP contribution in [0.5, 0.6) is 5.75 Å². The lowest BCUT2D eigenvalue weighted by Crippen LogP contribution is -2.52. The van der Waals surface area contributed by atoms with Crippen molar-refractivity contribution < 1.29 is 23.9 Å². The van der Waals surface area contributed by atoms with E-state index >= 15 is 0 Å². The van der Waals surface area contributed by atoms with Crippen LogP contribution in [0.15, 0.2) is 18.2 Å². The summed E-state index contributed by atoms with van der Waals surface area (Å²) in [6.45, 7) is 2.46. The fourth-order valence-corrected chi connectivity index (χ4v) is 5.87. The molecule has 8 heteroatoms. The van der Waals surface area contributed by atoms with E-state index in [1.165, 1.54) is 12.8 Å². The zero-order chi connectivity index (χ0) is 22.9. The van der Waals surface area contributed by atoms with Crippen molar-refractivity contribution in [1.82, 2.24) is 15.1 Å². The minimum Gasteiger partial charge on any atom is -0.489 e. The summed E-state index contributed by atoms with van der Waals surface area (Å²) in [5, 5.41) is 2.35. The van der Waals surface area contributed by atoms with Gasteiger partial charge in [0.2, 0.25) is 11.8 Å². The van der Waals surface area contributed by atoms with Crippen LogP contribution in [-0.4, -0.2) is 72.0 Å². The van der Waals surface area contributed by atoms with Gasteiger partial charge in [-0.3, -0.25) is 24.6 Å². The van der Waals surface area contributed by atoms with Crippen LogP contribution in [0.2, 0.25) is 0 Å². The maximum absolute atomic E-state index is 12.9. The molecule has 178 valence electrons. The van der Waals surface area contributed by atoms with Crippen molar-refractivity contribution in [1.29, 1.82) is 0 Å². The highest BCUT2D eigenvalue weighted by Gasteiger charge is 2.39. The highest BCUT2D eigenvalue weighted by molar-refractivity contribution is 6.05. The number of carbonyl (C=O) groups is 3. The second-order valence-electron chi connectivity index (χ2n) is 9.70. The van der Waals surface area contributed by atoms with E-state index in [-0.39, 0.29) is 30.2 Å². The number of nitrogens with one attached hydrogen (secondary N) is 1. The topological polar surface area (TPSA) is 88.2 Å². The van der Waals surface area contributed by atoms with Gasteiger partial charge in [0.05, 0.1) is 6.10 Å². The quantitative estimate of drug-likeness (QED) is 0.686. The van der Waals surface area contributed by atoms with Crippen LogP contribution in [0, 0.1) is 0 Å². The van der Waals surface area contributed by atoms with Crippen molar-refractivity contribution in [3.05, 3.63) is 29.3 Å². The van der Waals surface area contributed by atoms with E-state index in [1.807, 2.05) is 18.2 Å². The molecular weight excluding hydrogens is 422 g/mol. The van der Waals surface area contributed by atoms with E-state index < -0.39 is 6.04 Å². The zero-order valence-corrected chi connectivity index (χ0v) is 19.3. The first-order valence-electron chi connectivity index (χ1n) is 12.2. The maximum atomic E-state index is 12.9. The Morgan fingerprint density at radius 1 is 1.00 bits per heavy atom. The highest BCUT2D eigenvalue weighted by Crippen LogP contribution is 2.33. The Hall–Kier alpha value is -2.45. The Kier molecular flexibility index (Phi) is 6.38. The van der Waals surface area contributed by atoms with Gasteiger partial charge in [0, 0.05) is 44.8 Å². The molecule has 0 radical (unpaired) electrons. The fourth-order valence-electron chi connectivity index (χ4n) is 5.87. The number of fused-ring (bicyclic) bond motifs is 1. The molecule has 0 aromatic heterocycles. The molecule has 3 aliphatic heterocycles. The summed E-state index contributed by atoms with van der Waals surface area (Å²) in [4.78, 5) is 40.8. The summed E-state index contributed by atoms with van der Waals surface area (Å²) in [6, 6.07) is 5.48. The Labute approximate surface area is 194 Å². The minimum absolute atomic E-state index is 0.138. The van der Waals surface area contributed by atoms with E-state index in [1.54, 1.807) is 12.0 Å². The number of piperidine rings is 2. The Morgan fingerprint density at radius 3 is 2.55 bits per heavy atom. The lowest BCUT2D eigenvalue weighted by atomic mass is 9.89. The van der Waals surface area contributed by atoms with E-state index in [2.05, 4.69) is 10.2 Å². The van der Waals surface area contributed by atoms with Crippen LogP contribution < -0.4 is 10.1 Å². The number of nitrogens with zero attached hydrogens (tertiary/aromatic N) is 2. The van der Waals surface area contributed by atoms with Crippen LogP contribution in [0.25, 0.3) is 0 Å². The summed E-state index contributed by atoms with van der Waals surface area (Å²) >= 11 is 0. The number of rotatable bonds is 5. The number of benzene rings is 1. The van der Waals surface area contributed by atoms with Gasteiger partial charge in [-0.15, -0.1) is 0 Å². The third-order valence-electron chi connectivity index (χ3n) is 7.73. The Bertz CT molecular complexity index is 927. The van der Waals surface area contributed by atoms with E-state index in [0.717, 1.165) is 50.1 Å². The summed E-state index contributed by atoms with van der Waals surface area (Å²) in [7, 11) is 1.80. The molecule has 2 saturated heterocycles. The second-order valence-corrected chi connectivity index (χ2v) is 9.70. The van der Waals surface area contributed by atoms with Gasteiger partial charge in [0.15, 0.2) is 0 Å². The van der Waals surface area contributed by atoms with Gasteiger partial charge in [0.25, 0.3) is 5.91 Å². The summed E-state index contributed by atoms with van der Waals surface area (Å²) in [6.07, 6.45) is 7.85. The minimum atomic E-state index is -0.593. The third kappa shape index (κ3) is 4.51. The normalized spacial score (nSPS) is 29.2. The number of hydrogen-bond acceptors (Lipinski definition) is 6. The van der Waals surface area contributed by atoms with Gasteiger partial charge < -0.3 is 14.4 Å². The first-order valence-corrected chi connectivity index (χ1v) is 12.2. The number of ether oxygens (including phenoxy) is 2. The van der Waals surface area contributed by atoms with Crippen molar-refractivity contribution in [2.75, 3.05) is 20.2 Å². The molecular formula is C25H33N3O5. The molecule has 4 aliphatic rings. The van der Waals surface area contributed by atoms with E-state index in [9.17, 15) is 14.4 Å². The Balaban J connectivity index is 1.27. The van der Waals surface area contributed by atoms with Crippen LogP contribution in [0.1, 0.15) is 67.3 Å². The van der Waals surface area contributed by atoms with Gasteiger partial charge in [-0.25, -0.2) is 0 Å². The SMILES string of the molecule is COC1CCN(C2CCCCC2Oc2ccc3c(c2)CN(C2CCC(=O)NC2=O)C3=O)CC1. The lowest BCUT2D eigenvalue weighted by molar-refractivity contribution is -0.136. The van der Waals surface area contributed by atoms with Gasteiger partial charge in [-0.2, -0.15) is 0 Å². The maximum Gasteiger partial charge on any atom is 0.255 e. The first-order chi connectivity index (χ1) is 16.0. The molecule has 1 aliphatic carbocycles. The molecule has 0 spiro atoms. The molecule has 3 amide bonds. The molecule has 3 fully saturated rings. The molecule has 1 aromatic carbocycles.